The van der Waals surface area contributed by atoms with Crippen molar-refractivity contribution in [2.45, 2.75) is 0 Å². The van der Waals surface area contributed by atoms with Crippen LogP contribution in [0.25, 0.3) is 22.2 Å². The summed E-state index contributed by atoms with van der Waals surface area (Å²) in [4.78, 5) is 0. The number of aromatic hydroxyl groups is 1. The predicted octanol–water partition coefficient (Wildman–Crippen LogP) is 3.96. The maximum atomic E-state index is 9.26. The van der Waals surface area contributed by atoms with Crippen LogP contribution in [0, 0.1) is 0 Å². The van der Waals surface area contributed by atoms with Gasteiger partial charge in [0.1, 0.15) is 11.3 Å². The minimum Gasteiger partial charge on any atom is -0.508 e. The van der Waals surface area contributed by atoms with Crippen LogP contribution in [-0.4, -0.2) is 10.3 Å². The third-order valence-corrected chi connectivity index (χ3v) is 3.06. The molecule has 0 amide bonds. The quantitative estimate of drug-likeness (QED) is 0.737. The molecule has 4 heteroatoms. The third kappa shape index (κ3) is 1.80. The smallest absolute Gasteiger partial charge is 0.174 e. The molecule has 0 saturated carbocycles. The molecule has 0 spiro atoms. The number of nitrogens with zero attached hydrogens (tertiary/aromatic N) is 1. The molecule has 0 unspecified atom stereocenters. The van der Waals surface area contributed by atoms with E-state index in [9.17, 15) is 5.11 Å². The van der Waals surface area contributed by atoms with Crippen molar-refractivity contribution in [3.63, 3.8) is 0 Å². The molecule has 0 bridgehead atoms. The highest BCUT2D eigenvalue weighted by atomic mass is 79.9. The van der Waals surface area contributed by atoms with Crippen LogP contribution in [0.1, 0.15) is 0 Å². The van der Waals surface area contributed by atoms with Crippen LogP contribution in [0.2, 0.25) is 0 Å². The summed E-state index contributed by atoms with van der Waals surface area (Å²) in [5.74, 6) is 0.944. The zero-order valence-corrected chi connectivity index (χ0v) is 10.3. The van der Waals surface area contributed by atoms with Crippen molar-refractivity contribution in [3.8, 4) is 17.1 Å². The Hall–Kier alpha value is -1.81. The van der Waals surface area contributed by atoms with Crippen LogP contribution in [-0.2, 0) is 0 Å². The topological polar surface area (TPSA) is 46.3 Å². The molecule has 17 heavy (non-hydrogen) atoms. The number of phenols is 1. The molecule has 3 aromatic rings. The second-order valence-corrected chi connectivity index (χ2v) is 4.64. The van der Waals surface area contributed by atoms with Crippen molar-refractivity contribution < 1.29 is 9.63 Å². The fraction of sp³-hybridized carbons (Fsp3) is 0. The van der Waals surface area contributed by atoms with Crippen LogP contribution in [0.15, 0.2) is 51.5 Å². The summed E-state index contributed by atoms with van der Waals surface area (Å²) in [5, 5.41) is 14.2. The summed E-state index contributed by atoms with van der Waals surface area (Å²) in [6, 6.07) is 12.6. The normalized spacial score (nSPS) is 10.9. The highest BCUT2D eigenvalue weighted by Gasteiger charge is 2.10. The Bertz CT molecular complexity index is 673. The zero-order valence-electron chi connectivity index (χ0n) is 8.72. The molecule has 1 heterocycles. The lowest BCUT2D eigenvalue weighted by Gasteiger charge is -1.97. The Morgan fingerprint density at radius 3 is 2.59 bits per heavy atom. The Balaban J connectivity index is 2.23. The average Bonchev–Trinajstić information content (AvgIpc) is 2.73. The molecule has 0 radical (unpaired) electrons. The SMILES string of the molecule is Oc1ccc(-c2onc3ccc(Br)cc23)cc1. The number of rotatable bonds is 1. The molecule has 0 aliphatic rings. The monoisotopic (exact) mass is 289 g/mol. The molecule has 84 valence electrons. The number of phenolic OH excluding ortho intramolecular Hbond substituents is 1. The maximum absolute atomic E-state index is 9.26. The highest BCUT2D eigenvalue weighted by Crippen LogP contribution is 2.31. The Labute approximate surface area is 106 Å². The van der Waals surface area contributed by atoms with E-state index in [1.807, 2.05) is 18.2 Å². The second-order valence-electron chi connectivity index (χ2n) is 3.72. The van der Waals surface area contributed by atoms with Gasteiger partial charge in [0.25, 0.3) is 0 Å². The fourth-order valence-electron chi connectivity index (χ4n) is 1.73. The summed E-state index contributed by atoms with van der Waals surface area (Å²) < 4.78 is 6.32. The van der Waals surface area contributed by atoms with E-state index in [2.05, 4.69) is 21.1 Å². The summed E-state index contributed by atoms with van der Waals surface area (Å²) in [5.41, 5.74) is 1.71. The first-order valence-electron chi connectivity index (χ1n) is 5.08. The minimum absolute atomic E-state index is 0.235. The Morgan fingerprint density at radius 1 is 1.06 bits per heavy atom. The molecule has 1 aromatic heterocycles. The van der Waals surface area contributed by atoms with E-state index in [1.165, 1.54) is 0 Å². The first kappa shape index (κ1) is 10.4. The molecular formula is C13H8BrNO2. The van der Waals surface area contributed by atoms with Crippen molar-refractivity contribution >= 4 is 26.8 Å². The molecule has 1 N–H and O–H groups in total. The van der Waals surface area contributed by atoms with Gasteiger partial charge in [-0.1, -0.05) is 21.1 Å². The van der Waals surface area contributed by atoms with E-state index >= 15 is 0 Å². The standard InChI is InChI=1S/C13H8BrNO2/c14-9-3-6-12-11(7-9)13(17-15-12)8-1-4-10(16)5-2-8/h1-7,16H. The van der Waals surface area contributed by atoms with E-state index in [0.717, 1.165) is 20.9 Å². The van der Waals surface area contributed by atoms with Gasteiger partial charge in [-0.25, -0.2) is 0 Å². The number of benzene rings is 2. The van der Waals surface area contributed by atoms with Crippen molar-refractivity contribution in [2.75, 3.05) is 0 Å². The predicted molar refractivity (Wildman–Crippen MR) is 68.8 cm³/mol. The van der Waals surface area contributed by atoms with E-state index in [-0.39, 0.29) is 5.75 Å². The second kappa shape index (κ2) is 3.89. The number of aromatic nitrogens is 1. The van der Waals surface area contributed by atoms with Gasteiger partial charge in [-0.05, 0) is 42.5 Å². The van der Waals surface area contributed by atoms with Crippen LogP contribution in [0.4, 0.5) is 0 Å². The Kier molecular flexibility index (Phi) is 2.37. The summed E-state index contributed by atoms with van der Waals surface area (Å²) in [7, 11) is 0. The van der Waals surface area contributed by atoms with Gasteiger partial charge < -0.3 is 9.63 Å². The zero-order chi connectivity index (χ0) is 11.8. The molecule has 0 aliphatic carbocycles. The van der Waals surface area contributed by atoms with Gasteiger partial charge in [0.2, 0.25) is 0 Å². The fourth-order valence-corrected chi connectivity index (χ4v) is 2.10. The molecule has 3 rings (SSSR count). The van der Waals surface area contributed by atoms with Gasteiger partial charge in [0.05, 0.1) is 5.39 Å². The van der Waals surface area contributed by atoms with E-state index < -0.39 is 0 Å². The van der Waals surface area contributed by atoms with Crippen LogP contribution in [0.5, 0.6) is 5.75 Å². The van der Waals surface area contributed by atoms with E-state index in [0.29, 0.717) is 5.76 Å². The third-order valence-electron chi connectivity index (χ3n) is 2.57. The summed E-state index contributed by atoms with van der Waals surface area (Å²) >= 11 is 3.43. The van der Waals surface area contributed by atoms with Gasteiger partial charge in [-0.15, -0.1) is 0 Å². The lowest BCUT2D eigenvalue weighted by Crippen LogP contribution is -1.75. The molecule has 3 nitrogen and oxygen atoms in total. The first-order chi connectivity index (χ1) is 8.24. The van der Waals surface area contributed by atoms with E-state index in [1.54, 1.807) is 24.3 Å². The van der Waals surface area contributed by atoms with Crippen molar-refractivity contribution in [1.82, 2.24) is 5.16 Å². The van der Waals surface area contributed by atoms with Crippen LogP contribution < -0.4 is 0 Å². The van der Waals surface area contributed by atoms with Crippen LogP contribution in [0.3, 0.4) is 0 Å². The largest absolute Gasteiger partial charge is 0.508 e. The Morgan fingerprint density at radius 2 is 1.82 bits per heavy atom. The molecule has 2 aromatic carbocycles. The molecule has 0 saturated heterocycles. The average molecular weight is 290 g/mol. The van der Waals surface area contributed by atoms with Gasteiger partial charge in [-0.2, -0.15) is 0 Å². The molecule has 0 aliphatic heterocycles. The lowest BCUT2D eigenvalue weighted by molar-refractivity contribution is 0.440. The van der Waals surface area contributed by atoms with Gasteiger partial charge in [0, 0.05) is 10.0 Å². The minimum atomic E-state index is 0.235. The highest BCUT2D eigenvalue weighted by molar-refractivity contribution is 9.10. The lowest BCUT2D eigenvalue weighted by atomic mass is 10.1. The van der Waals surface area contributed by atoms with Gasteiger partial charge >= 0.3 is 0 Å². The first-order valence-corrected chi connectivity index (χ1v) is 5.88. The van der Waals surface area contributed by atoms with Crippen molar-refractivity contribution in [2.24, 2.45) is 0 Å². The number of fused-ring (bicyclic) bond motifs is 1. The van der Waals surface area contributed by atoms with Gasteiger partial charge in [0.15, 0.2) is 5.76 Å². The molecule has 0 atom stereocenters. The summed E-state index contributed by atoms with van der Waals surface area (Å²) in [6.07, 6.45) is 0. The van der Waals surface area contributed by atoms with Crippen LogP contribution >= 0.6 is 15.9 Å². The number of hydrogen-bond acceptors (Lipinski definition) is 3. The van der Waals surface area contributed by atoms with Gasteiger partial charge in [-0.3, -0.25) is 0 Å². The molecule has 0 fully saturated rings. The van der Waals surface area contributed by atoms with E-state index in [4.69, 9.17) is 4.52 Å². The number of hydrogen-bond donors (Lipinski definition) is 1. The summed E-state index contributed by atoms with van der Waals surface area (Å²) in [6.45, 7) is 0. The maximum Gasteiger partial charge on any atom is 0.174 e. The number of halogens is 1. The molecular weight excluding hydrogens is 282 g/mol. The van der Waals surface area contributed by atoms with Crippen molar-refractivity contribution in [3.05, 3.63) is 46.9 Å². The van der Waals surface area contributed by atoms with Crippen molar-refractivity contribution in [1.29, 1.82) is 0 Å².